The van der Waals surface area contributed by atoms with Crippen molar-refractivity contribution in [1.29, 1.82) is 0 Å². The molecular weight excluding hydrogens is 130 g/mol. The number of carbonyl (C=O) groups excluding carboxylic acids is 1. The van der Waals surface area contributed by atoms with E-state index < -0.39 is 12.0 Å². The van der Waals surface area contributed by atoms with E-state index in [0.717, 1.165) is 0 Å². The quantitative estimate of drug-likeness (QED) is 0.548. The Labute approximate surface area is 60.5 Å². The lowest BCUT2D eigenvalue weighted by molar-refractivity contribution is -0.115. The van der Waals surface area contributed by atoms with Gasteiger partial charge in [0, 0.05) is 5.57 Å². The fraction of sp³-hybridized carbons (Fsp3) is 0.571. The summed E-state index contributed by atoms with van der Waals surface area (Å²) >= 11 is 0. The highest BCUT2D eigenvalue weighted by Crippen LogP contribution is 2.08. The van der Waals surface area contributed by atoms with Crippen LogP contribution in [0.15, 0.2) is 12.2 Å². The van der Waals surface area contributed by atoms with Gasteiger partial charge in [-0.2, -0.15) is 0 Å². The number of nitrogens with two attached hydrogens (primary N) is 1. The van der Waals surface area contributed by atoms with Gasteiger partial charge in [0.15, 0.2) is 0 Å². The van der Waals surface area contributed by atoms with Crippen molar-refractivity contribution in [3.8, 4) is 0 Å². The SMILES string of the molecule is C=C(C(N)=O)[C@@H](O)C(C)C. The molecule has 1 atom stereocenters. The third kappa shape index (κ3) is 2.19. The van der Waals surface area contributed by atoms with Crippen molar-refractivity contribution in [2.24, 2.45) is 11.7 Å². The maximum absolute atomic E-state index is 10.4. The Kier molecular flexibility index (Phi) is 3.09. The van der Waals surface area contributed by atoms with Crippen LogP contribution in [0, 0.1) is 5.92 Å². The monoisotopic (exact) mass is 143 g/mol. The largest absolute Gasteiger partial charge is 0.388 e. The van der Waals surface area contributed by atoms with Crippen molar-refractivity contribution < 1.29 is 9.90 Å². The molecule has 0 aliphatic carbocycles. The van der Waals surface area contributed by atoms with Crippen LogP contribution in [0.2, 0.25) is 0 Å². The van der Waals surface area contributed by atoms with Crippen LogP contribution in [0.4, 0.5) is 0 Å². The first kappa shape index (κ1) is 9.17. The van der Waals surface area contributed by atoms with Crippen LogP contribution < -0.4 is 5.73 Å². The zero-order chi connectivity index (χ0) is 8.31. The standard InChI is InChI=1S/C7H13NO2/c1-4(2)6(9)5(3)7(8)10/h4,6,9H,3H2,1-2H3,(H2,8,10)/t6-/m0/s1. The molecule has 3 N–H and O–H groups in total. The molecule has 0 rings (SSSR count). The molecule has 0 unspecified atom stereocenters. The highest BCUT2D eigenvalue weighted by atomic mass is 16.3. The number of aliphatic hydroxyl groups excluding tert-OH is 1. The molecule has 0 aromatic rings. The predicted molar refractivity (Wildman–Crippen MR) is 39.2 cm³/mol. The minimum Gasteiger partial charge on any atom is -0.388 e. The molecule has 0 saturated carbocycles. The highest BCUT2D eigenvalue weighted by Gasteiger charge is 2.16. The maximum atomic E-state index is 10.4. The van der Waals surface area contributed by atoms with Gasteiger partial charge in [0.25, 0.3) is 0 Å². The summed E-state index contributed by atoms with van der Waals surface area (Å²) in [6, 6.07) is 0. The lowest BCUT2D eigenvalue weighted by atomic mass is 10.0. The van der Waals surface area contributed by atoms with Crippen LogP contribution in [0.1, 0.15) is 13.8 Å². The van der Waals surface area contributed by atoms with Gasteiger partial charge in [-0.3, -0.25) is 4.79 Å². The summed E-state index contributed by atoms with van der Waals surface area (Å²) in [6.45, 7) is 6.93. The molecule has 58 valence electrons. The van der Waals surface area contributed by atoms with Crippen LogP contribution in [-0.2, 0) is 4.79 Å². The molecule has 3 nitrogen and oxygen atoms in total. The molecule has 0 fully saturated rings. The molecule has 0 radical (unpaired) electrons. The molecule has 0 saturated heterocycles. The summed E-state index contributed by atoms with van der Waals surface area (Å²) < 4.78 is 0. The van der Waals surface area contributed by atoms with Crippen molar-refractivity contribution in [3.63, 3.8) is 0 Å². The minimum absolute atomic E-state index is 0.0139. The van der Waals surface area contributed by atoms with Gasteiger partial charge >= 0.3 is 0 Å². The molecular formula is C7H13NO2. The Bertz CT molecular complexity index is 152. The Morgan fingerprint density at radius 2 is 2.00 bits per heavy atom. The Morgan fingerprint density at radius 3 is 2.10 bits per heavy atom. The van der Waals surface area contributed by atoms with E-state index in [0.29, 0.717) is 0 Å². The van der Waals surface area contributed by atoms with Gasteiger partial charge in [-0.25, -0.2) is 0 Å². The maximum Gasteiger partial charge on any atom is 0.246 e. The molecule has 0 bridgehead atoms. The molecule has 1 amide bonds. The molecule has 0 aliphatic heterocycles. The predicted octanol–water partition coefficient (Wildman–Crippen LogP) is 0.0448. The Balaban J connectivity index is 4.08. The third-order valence-corrected chi connectivity index (χ3v) is 1.30. The second kappa shape index (κ2) is 3.37. The molecule has 0 aliphatic rings. The number of amides is 1. The number of rotatable bonds is 3. The normalized spacial score (nSPS) is 13.2. The van der Waals surface area contributed by atoms with Crippen LogP contribution in [0.3, 0.4) is 0 Å². The fourth-order valence-electron chi connectivity index (χ4n) is 0.548. The molecule has 0 spiro atoms. The average Bonchev–Trinajstić information content (AvgIpc) is 1.84. The molecule has 0 aromatic carbocycles. The molecule has 0 aromatic heterocycles. The first-order valence-electron chi connectivity index (χ1n) is 3.13. The average molecular weight is 143 g/mol. The zero-order valence-corrected chi connectivity index (χ0v) is 6.29. The number of hydrogen-bond donors (Lipinski definition) is 2. The van der Waals surface area contributed by atoms with E-state index in [4.69, 9.17) is 10.8 Å². The van der Waals surface area contributed by atoms with Crippen molar-refractivity contribution >= 4 is 5.91 Å². The van der Waals surface area contributed by atoms with Crippen molar-refractivity contribution in [2.75, 3.05) is 0 Å². The molecule has 10 heavy (non-hydrogen) atoms. The van der Waals surface area contributed by atoms with Crippen LogP contribution in [0.25, 0.3) is 0 Å². The van der Waals surface area contributed by atoms with Crippen LogP contribution in [0.5, 0.6) is 0 Å². The lowest BCUT2D eigenvalue weighted by Crippen LogP contribution is -2.27. The summed E-state index contributed by atoms with van der Waals surface area (Å²) in [4.78, 5) is 10.4. The van der Waals surface area contributed by atoms with Crippen molar-refractivity contribution in [1.82, 2.24) is 0 Å². The van der Waals surface area contributed by atoms with Crippen LogP contribution in [-0.4, -0.2) is 17.1 Å². The fourth-order valence-corrected chi connectivity index (χ4v) is 0.548. The smallest absolute Gasteiger partial charge is 0.246 e. The van der Waals surface area contributed by atoms with Crippen LogP contribution >= 0.6 is 0 Å². The van der Waals surface area contributed by atoms with E-state index in [1.807, 2.05) is 0 Å². The van der Waals surface area contributed by atoms with Gasteiger partial charge < -0.3 is 10.8 Å². The molecule has 3 heteroatoms. The second-order valence-electron chi connectivity index (χ2n) is 2.58. The van der Waals surface area contributed by atoms with Gasteiger partial charge in [0.1, 0.15) is 0 Å². The summed E-state index contributed by atoms with van der Waals surface area (Å²) in [5, 5.41) is 9.16. The lowest BCUT2D eigenvalue weighted by Gasteiger charge is -2.13. The van der Waals surface area contributed by atoms with E-state index in [-0.39, 0.29) is 11.5 Å². The summed E-state index contributed by atoms with van der Waals surface area (Å²) in [7, 11) is 0. The van der Waals surface area contributed by atoms with E-state index in [2.05, 4.69) is 6.58 Å². The Morgan fingerprint density at radius 1 is 1.60 bits per heavy atom. The number of primary amides is 1. The van der Waals surface area contributed by atoms with Gasteiger partial charge in [-0.05, 0) is 5.92 Å². The van der Waals surface area contributed by atoms with Gasteiger partial charge in [-0.1, -0.05) is 20.4 Å². The zero-order valence-electron chi connectivity index (χ0n) is 6.29. The second-order valence-corrected chi connectivity index (χ2v) is 2.58. The topological polar surface area (TPSA) is 63.3 Å². The van der Waals surface area contributed by atoms with E-state index >= 15 is 0 Å². The highest BCUT2D eigenvalue weighted by molar-refractivity contribution is 5.92. The summed E-state index contributed by atoms with van der Waals surface area (Å²) in [6.07, 6.45) is -0.808. The number of carbonyl (C=O) groups is 1. The summed E-state index contributed by atoms with van der Waals surface area (Å²) in [5.41, 5.74) is 4.95. The number of aliphatic hydroxyl groups is 1. The first-order valence-corrected chi connectivity index (χ1v) is 3.13. The molecule has 0 heterocycles. The van der Waals surface area contributed by atoms with E-state index in [1.165, 1.54) is 0 Å². The van der Waals surface area contributed by atoms with E-state index in [1.54, 1.807) is 13.8 Å². The minimum atomic E-state index is -0.808. The number of hydrogen-bond acceptors (Lipinski definition) is 2. The van der Waals surface area contributed by atoms with Gasteiger partial charge in [-0.15, -0.1) is 0 Å². The van der Waals surface area contributed by atoms with Gasteiger partial charge in [0.2, 0.25) is 5.91 Å². The van der Waals surface area contributed by atoms with Crippen molar-refractivity contribution in [2.45, 2.75) is 20.0 Å². The van der Waals surface area contributed by atoms with E-state index in [9.17, 15) is 4.79 Å². The first-order chi connectivity index (χ1) is 4.46. The Hall–Kier alpha value is -0.830. The third-order valence-electron chi connectivity index (χ3n) is 1.30. The van der Waals surface area contributed by atoms with Crippen molar-refractivity contribution in [3.05, 3.63) is 12.2 Å². The van der Waals surface area contributed by atoms with Gasteiger partial charge in [0.05, 0.1) is 6.10 Å². The summed E-state index contributed by atoms with van der Waals surface area (Å²) in [5.74, 6) is -0.652.